The van der Waals surface area contributed by atoms with Gasteiger partial charge in [-0.1, -0.05) is 0 Å². The topological polar surface area (TPSA) is 58.0 Å². The zero-order valence-electron chi connectivity index (χ0n) is 9.49. The highest BCUT2D eigenvalue weighted by Gasteiger charge is 2.38. The van der Waals surface area contributed by atoms with Crippen LogP contribution in [0.25, 0.3) is 0 Å². The Hall–Kier alpha value is -1.21. The van der Waals surface area contributed by atoms with Crippen LogP contribution in [0.1, 0.15) is 24.4 Å². The molecular formula is C10H14F3N3O. The quantitative estimate of drug-likeness (QED) is 0.846. The maximum absolute atomic E-state index is 12.1. The fourth-order valence-corrected chi connectivity index (χ4v) is 1.34. The van der Waals surface area contributed by atoms with Gasteiger partial charge in [0.1, 0.15) is 0 Å². The molecule has 0 aliphatic rings. The summed E-state index contributed by atoms with van der Waals surface area (Å²) in [5, 5.41) is 11.4. The monoisotopic (exact) mass is 249 g/mol. The Morgan fingerprint density at radius 1 is 1.35 bits per heavy atom. The van der Waals surface area contributed by atoms with Gasteiger partial charge < -0.3 is 10.4 Å². The normalized spacial score (nSPS) is 15.6. The number of hydrogen-bond acceptors (Lipinski definition) is 4. The summed E-state index contributed by atoms with van der Waals surface area (Å²) in [6.07, 6.45) is -4.00. The Labute approximate surface area is 96.9 Å². The number of hydrogen-bond donors (Lipinski definition) is 2. The van der Waals surface area contributed by atoms with Crippen molar-refractivity contribution in [1.29, 1.82) is 0 Å². The summed E-state index contributed by atoms with van der Waals surface area (Å²) in [4.78, 5) is 8.02. The van der Waals surface area contributed by atoms with E-state index in [1.165, 1.54) is 12.4 Å². The van der Waals surface area contributed by atoms with Crippen LogP contribution in [0.15, 0.2) is 12.4 Å². The van der Waals surface area contributed by atoms with Gasteiger partial charge >= 0.3 is 6.18 Å². The van der Waals surface area contributed by atoms with Gasteiger partial charge in [0.15, 0.2) is 6.10 Å². The van der Waals surface area contributed by atoms with Gasteiger partial charge in [-0.15, -0.1) is 0 Å². The molecule has 2 unspecified atom stereocenters. The first-order chi connectivity index (χ1) is 7.82. The van der Waals surface area contributed by atoms with Gasteiger partial charge in [0.2, 0.25) is 0 Å². The van der Waals surface area contributed by atoms with Crippen molar-refractivity contribution in [3.63, 3.8) is 0 Å². The van der Waals surface area contributed by atoms with Gasteiger partial charge in [0.25, 0.3) is 0 Å². The number of aromatic nitrogens is 2. The minimum Gasteiger partial charge on any atom is -0.382 e. The molecule has 7 heteroatoms. The number of aliphatic hydroxyl groups is 1. The average molecular weight is 249 g/mol. The third-order valence-electron chi connectivity index (χ3n) is 2.32. The lowest BCUT2D eigenvalue weighted by Gasteiger charge is -2.19. The summed E-state index contributed by atoms with van der Waals surface area (Å²) >= 11 is 0. The summed E-state index contributed by atoms with van der Waals surface area (Å²) < 4.78 is 36.2. The van der Waals surface area contributed by atoms with Crippen LogP contribution in [0.2, 0.25) is 0 Å². The van der Waals surface area contributed by atoms with E-state index in [1.807, 2.05) is 0 Å². The predicted molar refractivity (Wildman–Crippen MR) is 55.2 cm³/mol. The molecule has 2 N–H and O–H groups in total. The molecule has 0 aromatic carbocycles. The SMILES string of the molecule is Cc1nccnc1C(C)NCC(O)C(F)(F)F. The first kappa shape index (κ1) is 13.9. The maximum Gasteiger partial charge on any atom is 0.415 e. The average Bonchev–Trinajstić information content (AvgIpc) is 2.24. The molecule has 2 atom stereocenters. The lowest BCUT2D eigenvalue weighted by atomic mass is 10.2. The van der Waals surface area contributed by atoms with E-state index in [0.717, 1.165) is 0 Å². The van der Waals surface area contributed by atoms with Crippen LogP contribution in [-0.4, -0.2) is 33.9 Å². The number of halogens is 3. The molecule has 1 rings (SSSR count). The molecule has 0 radical (unpaired) electrons. The number of nitrogens with zero attached hydrogens (tertiary/aromatic N) is 2. The lowest BCUT2D eigenvalue weighted by molar-refractivity contribution is -0.202. The van der Waals surface area contributed by atoms with E-state index in [4.69, 9.17) is 5.11 Å². The van der Waals surface area contributed by atoms with Crippen LogP contribution in [0.3, 0.4) is 0 Å². The molecule has 0 spiro atoms. The zero-order chi connectivity index (χ0) is 13.1. The summed E-state index contributed by atoms with van der Waals surface area (Å²) in [5.41, 5.74) is 1.22. The third kappa shape index (κ3) is 3.94. The molecule has 0 bridgehead atoms. The molecule has 4 nitrogen and oxygen atoms in total. The molecule has 0 amide bonds. The van der Waals surface area contributed by atoms with Crippen LogP contribution < -0.4 is 5.32 Å². The third-order valence-corrected chi connectivity index (χ3v) is 2.32. The van der Waals surface area contributed by atoms with E-state index < -0.39 is 24.9 Å². The molecule has 17 heavy (non-hydrogen) atoms. The smallest absolute Gasteiger partial charge is 0.382 e. The molecule has 0 saturated heterocycles. The second-order valence-electron chi connectivity index (χ2n) is 3.71. The molecule has 96 valence electrons. The number of rotatable bonds is 4. The fraction of sp³-hybridized carbons (Fsp3) is 0.600. The minimum absolute atomic E-state index is 0.402. The van der Waals surface area contributed by atoms with Gasteiger partial charge in [-0.2, -0.15) is 13.2 Å². The first-order valence-corrected chi connectivity index (χ1v) is 5.08. The van der Waals surface area contributed by atoms with Gasteiger partial charge in [-0.25, -0.2) is 0 Å². The van der Waals surface area contributed by atoms with Crippen LogP contribution >= 0.6 is 0 Å². The Morgan fingerprint density at radius 2 is 1.94 bits per heavy atom. The van der Waals surface area contributed by atoms with Crippen molar-refractivity contribution in [3.05, 3.63) is 23.8 Å². The largest absolute Gasteiger partial charge is 0.415 e. The van der Waals surface area contributed by atoms with Crippen molar-refractivity contribution < 1.29 is 18.3 Å². The van der Waals surface area contributed by atoms with E-state index >= 15 is 0 Å². The number of alkyl halides is 3. The number of nitrogens with one attached hydrogen (secondary N) is 1. The summed E-state index contributed by atoms with van der Waals surface area (Å²) in [7, 11) is 0. The van der Waals surface area contributed by atoms with Crippen LogP contribution in [0.5, 0.6) is 0 Å². The van der Waals surface area contributed by atoms with Gasteiger partial charge in [-0.05, 0) is 13.8 Å². The Balaban J connectivity index is 2.57. The zero-order valence-corrected chi connectivity index (χ0v) is 9.49. The van der Waals surface area contributed by atoms with Gasteiger partial charge in [-0.3, -0.25) is 9.97 Å². The van der Waals surface area contributed by atoms with E-state index in [9.17, 15) is 13.2 Å². The van der Waals surface area contributed by atoms with Crippen molar-refractivity contribution in [1.82, 2.24) is 15.3 Å². The van der Waals surface area contributed by atoms with E-state index in [-0.39, 0.29) is 0 Å². The maximum atomic E-state index is 12.1. The van der Waals surface area contributed by atoms with Crippen molar-refractivity contribution in [2.45, 2.75) is 32.2 Å². The molecule has 0 saturated carbocycles. The molecule has 0 aliphatic carbocycles. The summed E-state index contributed by atoms with van der Waals surface area (Å²) in [6.45, 7) is 2.82. The highest BCUT2D eigenvalue weighted by Crippen LogP contribution is 2.20. The van der Waals surface area contributed by atoms with Crippen LogP contribution in [0.4, 0.5) is 13.2 Å². The van der Waals surface area contributed by atoms with Crippen molar-refractivity contribution >= 4 is 0 Å². The molecule has 1 aromatic rings. The van der Waals surface area contributed by atoms with E-state index in [0.29, 0.717) is 11.4 Å². The van der Waals surface area contributed by atoms with Crippen LogP contribution in [0, 0.1) is 6.92 Å². The lowest BCUT2D eigenvalue weighted by Crippen LogP contribution is -2.39. The fourth-order valence-electron chi connectivity index (χ4n) is 1.34. The standard InChI is InChI=1S/C10H14F3N3O/c1-6-9(15-4-3-14-6)7(2)16-5-8(17)10(11,12)13/h3-4,7-8,16-17H,5H2,1-2H3. The predicted octanol–water partition coefficient (Wildman–Crippen LogP) is 1.36. The second-order valence-corrected chi connectivity index (χ2v) is 3.71. The van der Waals surface area contributed by atoms with Crippen molar-refractivity contribution in [3.8, 4) is 0 Å². The Kier molecular flexibility index (Phi) is 4.41. The van der Waals surface area contributed by atoms with Crippen molar-refractivity contribution in [2.24, 2.45) is 0 Å². The second kappa shape index (κ2) is 5.42. The summed E-state index contributed by atoms with van der Waals surface area (Å²) in [5.74, 6) is 0. The molecule has 0 fully saturated rings. The first-order valence-electron chi connectivity index (χ1n) is 5.08. The van der Waals surface area contributed by atoms with Gasteiger partial charge in [0.05, 0.1) is 11.4 Å². The number of aryl methyl sites for hydroxylation is 1. The highest BCUT2D eigenvalue weighted by atomic mass is 19.4. The molecule has 1 heterocycles. The highest BCUT2D eigenvalue weighted by molar-refractivity contribution is 5.12. The Morgan fingerprint density at radius 3 is 2.47 bits per heavy atom. The molecular weight excluding hydrogens is 235 g/mol. The van der Waals surface area contributed by atoms with Gasteiger partial charge in [0, 0.05) is 25.0 Å². The molecule has 0 aliphatic heterocycles. The number of aliphatic hydroxyl groups excluding tert-OH is 1. The van der Waals surface area contributed by atoms with E-state index in [2.05, 4.69) is 15.3 Å². The summed E-state index contributed by atoms with van der Waals surface area (Å²) in [6, 6.07) is -0.402. The van der Waals surface area contributed by atoms with E-state index in [1.54, 1.807) is 13.8 Å². The minimum atomic E-state index is -4.61. The Bertz CT molecular complexity index is 370. The van der Waals surface area contributed by atoms with Crippen molar-refractivity contribution in [2.75, 3.05) is 6.54 Å². The van der Waals surface area contributed by atoms with Crippen LogP contribution in [-0.2, 0) is 0 Å². The molecule has 1 aromatic heterocycles.